The molecule has 5 rings (SSSR count). The van der Waals surface area contributed by atoms with Crippen LogP contribution in [0, 0.1) is 5.82 Å². The van der Waals surface area contributed by atoms with Crippen LogP contribution < -0.4 is 20.5 Å². The number of hydrogen-bond acceptors (Lipinski definition) is 7. The minimum atomic E-state index is -0.804. The lowest BCUT2D eigenvalue weighted by Gasteiger charge is -2.14. The van der Waals surface area contributed by atoms with E-state index in [1.165, 1.54) is 41.2 Å². The Bertz CT molecular complexity index is 1610. The highest BCUT2D eigenvalue weighted by Gasteiger charge is 2.23. The molecule has 4 aromatic rings. The highest BCUT2D eigenvalue weighted by Crippen LogP contribution is 2.33. The number of carbonyl (C=O) groups excluding carboxylic acids is 1. The van der Waals surface area contributed by atoms with Gasteiger partial charge in [0.15, 0.2) is 11.5 Å². The lowest BCUT2D eigenvalue weighted by Crippen LogP contribution is -2.34. The number of aryl methyl sites for hydroxylation is 2. The molecule has 1 atom stereocenters. The van der Waals surface area contributed by atoms with Gasteiger partial charge in [-0.2, -0.15) is 5.10 Å². The highest BCUT2D eigenvalue weighted by molar-refractivity contribution is 7.18. The normalized spacial score (nSPS) is 13.8. The Kier molecular flexibility index (Phi) is 7.94. The molecule has 8 nitrogen and oxygen atoms in total. The van der Waals surface area contributed by atoms with Crippen LogP contribution in [0.1, 0.15) is 47.4 Å². The molecule has 0 spiro atoms. The van der Waals surface area contributed by atoms with Crippen molar-refractivity contribution in [2.24, 2.45) is 5.10 Å². The van der Waals surface area contributed by atoms with Crippen molar-refractivity contribution in [3.05, 3.63) is 85.5 Å². The highest BCUT2D eigenvalue weighted by atomic mass is 35.5. The van der Waals surface area contributed by atoms with Crippen molar-refractivity contribution in [1.29, 1.82) is 0 Å². The maximum atomic E-state index is 14.0. The van der Waals surface area contributed by atoms with Gasteiger partial charge in [-0.25, -0.2) is 14.8 Å². The summed E-state index contributed by atoms with van der Waals surface area (Å²) in [5, 5.41) is 4.95. The lowest BCUT2D eigenvalue weighted by atomic mass is 9.97. The van der Waals surface area contributed by atoms with Crippen molar-refractivity contribution in [3.63, 3.8) is 0 Å². The number of halogens is 2. The number of ether oxygens (including phenoxy) is 2. The third-order valence-electron chi connectivity index (χ3n) is 6.71. The van der Waals surface area contributed by atoms with Gasteiger partial charge in [-0.3, -0.25) is 14.2 Å². The fourth-order valence-corrected chi connectivity index (χ4v) is 5.97. The minimum absolute atomic E-state index is 0.0720. The largest absolute Gasteiger partial charge is 0.493 e. The third-order valence-corrected chi connectivity index (χ3v) is 8.26. The van der Waals surface area contributed by atoms with Crippen molar-refractivity contribution in [2.75, 3.05) is 7.11 Å². The smallest absolute Gasteiger partial charge is 0.263 e. The van der Waals surface area contributed by atoms with E-state index in [-0.39, 0.29) is 22.8 Å². The van der Waals surface area contributed by atoms with Gasteiger partial charge in [0.2, 0.25) is 0 Å². The Balaban J connectivity index is 1.26. The molecule has 0 saturated heterocycles. The molecule has 202 valence electrons. The zero-order valence-corrected chi connectivity index (χ0v) is 22.9. The number of nitrogens with zero attached hydrogens (tertiary/aromatic N) is 3. The molecule has 1 N–H and O–H groups in total. The second-order valence-electron chi connectivity index (χ2n) is 9.16. The van der Waals surface area contributed by atoms with E-state index in [0.717, 1.165) is 36.1 Å². The van der Waals surface area contributed by atoms with Crippen molar-refractivity contribution in [3.8, 4) is 11.5 Å². The second kappa shape index (κ2) is 11.5. The van der Waals surface area contributed by atoms with Crippen LogP contribution in [0.15, 0.2) is 52.6 Å². The van der Waals surface area contributed by atoms with Crippen molar-refractivity contribution in [2.45, 2.75) is 45.3 Å². The SMILES string of the molecule is COc1cc(/C=N/NC(=O)C(C)n2cnc3sc4c(c3c2=O)CCCC4)ccc1OCc1c(F)cccc1Cl. The van der Waals surface area contributed by atoms with E-state index in [2.05, 4.69) is 15.5 Å². The third kappa shape index (κ3) is 5.53. The van der Waals surface area contributed by atoms with Gasteiger partial charge >= 0.3 is 0 Å². The van der Waals surface area contributed by atoms with E-state index >= 15 is 0 Å². The summed E-state index contributed by atoms with van der Waals surface area (Å²) in [6.45, 7) is 1.56. The summed E-state index contributed by atoms with van der Waals surface area (Å²) in [6, 6.07) is 8.66. The number of fused-ring (bicyclic) bond motifs is 3. The minimum Gasteiger partial charge on any atom is -0.493 e. The van der Waals surface area contributed by atoms with Crippen LogP contribution >= 0.6 is 22.9 Å². The molecule has 0 bridgehead atoms. The molecular formula is C28H26ClFN4O4S. The lowest BCUT2D eigenvalue weighted by molar-refractivity contribution is -0.123. The monoisotopic (exact) mass is 568 g/mol. The molecule has 39 heavy (non-hydrogen) atoms. The average molecular weight is 569 g/mol. The quantitative estimate of drug-likeness (QED) is 0.226. The molecule has 2 heterocycles. The number of hydrogen-bond donors (Lipinski definition) is 1. The summed E-state index contributed by atoms with van der Waals surface area (Å²) < 4.78 is 26.5. The predicted octanol–water partition coefficient (Wildman–Crippen LogP) is 5.43. The molecule has 1 aliphatic carbocycles. The Labute approximate surface area is 233 Å². The van der Waals surface area contributed by atoms with Gasteiger partial charge in [0.25, 0.3) is 11.5 Å². The average Bonchev–Trinajstić information content (AvgIpc) is 3.32. The van der Waals surface area contributed by atoms with E-state index < -0.39 is 17.8 Å². The first-order valence-corrected chi connectivity index (χ1v) is 13.6. The number of methoxy groups -OCH3 is 1. The van der Waals surface area contributed by atoms with E-state index in [4.69, 9.17) is 21.1 Å². The van der Waals surface area contributed by atoms with Gasteiger partial charge in [-0.1, -0.05) is 17.7 Å². The first-order valence-electron chi connectivity index (χ1n) is 12.5. The van der Waals surface area contributed by atoms with E-state index in [0.29, 0.717) is 22.4 Å². The summed E-state index contributed by atoms with van der Waals surface area (Å²) in [5.74, 6) is -0.115. The Morgan fingerprint density at radius 2 is 2.10 bits per heavy atom. The van der Waals surface area contributed by atoms with E-state index in [9.17, 15) is 14.0 Å². The summed E-state index contributed by atoms with van der Waals surface area (Å²) >= 11 is 7.64. The first kappa shape index (κ1) is 26.8. The first-order chi connectivity index (χ1) is 18.9. The summed E-state index contributed by atoms with van der Waals surface area (Å²) in [6.07, 6.45) is 6.89. The molecule has 0 aliphatic heterocycles. The molecule has 1 amide bonds. The van der Waals surface area contributed by atoms with E-state index in [1.807, 2.05) is 0 Å². The molecule has 1 aliphatic rings. The number of aromatic nitrogens is 2. The summed E-state index contributed by atoms with van der Waals surface area (Å²) in [7, 11) is 1.48. The van der Waals surface area contributed by atoms with Gasteiger partial charge in [-0.05, 0) is 74.1 Å². The molecule has 0 radical (unpaired) electrons. The summed E-state index contributed by atoms with van der Waals surface area (Å²) in [4.78, 5) is 32.5. The summed E-state index contributed by atoms with van der Waals surface area (Å²) in [5.41, 5.74) is 4.24. The van der Waals surface area contributed by atoms with Crippen LogP contribution in [-0.2, 0) is 24.2 Å². The zero-order valence-electron chi connectivity index (χ0n) is 21.4. The van der Waals surface area contributed by atoms with Gasteiger partial charge in [0.1, 0.15) is 23.3 Å². The topological polar surface area (TPSA) is 94.8 Å². The molecule has 2 aromatic heterocycles. The maximum absolute atomic E-state index is 14.0. The molecule has 0 fully saturated rings. The van der Waals surface area contributed by atoms with Crippen LogP contribution in [0.5, 0.6) is 11.5 Å². The molecule has 1 unspecified atom stereocenters. The molecular weight excluding hydrogens is 543 g/mol. The number of benzene rings is 2. The van der Waals surface area contributed by atoms with Crippen LogP contribution in [0.25, 0.3) is 10.2 Å². The molecule has 2 aromatic carbocycles. The maximum Gasteiger partial charge on any atom is 0.263 e. The van der Waals surface area contributed by atoms with Crippen LogP contribution in [0.4, 0.5) is 4.39 Å². The van der Waals surface area contributed by atoms with Crippen molar-refractivity contribution < 1.29 is 18.7 Å². The molecule has 0 saturated carbocycles. The number of amides is 1. The number of carbonyl (C=O) groups is 1. The van der Waals surface area contributed by atoms with Crippen molar-refractivity contribution >= 4 is 45.3 Å². The zero-order chi connectivity index (χ0) is 27.5. The van der Waals surface area contributed by atoms with Crippen LogP contribution in [0.2, 0.25) is 5.02 Å². The Morgan fingerprint density at radius 1 is 1.28 bits per heavy atom. The number of hydrazone groups is 1. The fraction of sp³-hybridized carbons (Fsp3) is 0.286. The fourth-order valence-electron chi connectivity index (χ4n) is 4.53. The molecule has 11 heteroatoms. The van der Waals surface area contributed by atoms with Gasteiger partial charge in [-0.15, -0.1) is 11.3 Å². The van der Waals surface area contributed by atoms with Crippen LogP contribution in [-0.4, -0.2) is 28.8 Å². The number of thiophene rings is 1. The standard InChI is InChI=1S/C28H26ClFN4O4S/c1-16(34-15-31-27-25(28(34)36)18-6-3-4-9-24(18)39-27)26(35)33-32-13-17-10-11-22(23(12-17)37-2)38-14-19-20(29)7-5-8-21(19)30/h5,7-8,10-13,15-16H,3-4,6,9,14H2,1-2H3,(H,33,35)/b32-13+. The predicted molar refractivity (Wildman–Crippen MR) is 150 cm³/mol. The van der Waals surface area contributed by atoms with Gasteiger partial charge < -0.3 is 9.47 Å². The van der Waals surface area contributed by atoms with E-state index in [1.54, 1.807) is 42.5 Å². The Hall–Kier alpha value is -3.76. The number of rotatable bonds is 8. The van der Waals surface area contributed by atoms with Crippen molar-refractivity contribution in [1.82, 2.24) is 15.0 Å². The van der Waals surface area contributed by atoms with Crippen LogP contribution in [0.3, 0.4) is 0 Å². The number of nitrogens with one attached hydrogen (secondary N) is 1. The second-order valence-corrected chi connectivity index (χ2v) is 10.6. The van der Waals surface area contributed by atoms with Gasteiger partial charge in [0, 0.05) is 10.4 Å². The Morgan fingerprint density at radius 3 is 2.90 bits per heavy atom. The van der Waals surface area contributed by atoms with Gasteiger partial charge in [0.05, 0.1) is 30.1 Å².